The van der Waals surface area contributed by atoms with Crippen LogP contribution in [0.5, 0.6) is 0 Å². The van der Waals surface area contributed by atoms with Crippen molar-refractivity contribution in [3.8, 4) is 0 Å². The van der Waals surface area contributed by atoms with Gasteiger partial charge >= 0.3 is 0 Å². The monoisotopic (exact) mass is 373 g/mol. The zero-order valence-electron chi connectivity index (χ0n) is 14.6. The standard InChI is InChI=1S/C18H19N3O4S/c1-11-4-6-13(7-5-11)21(3)26(24,25)14-8-9-15-16(10-14)20-18(23)12(2)17(22)19-15/h4-10,12H,1-3H3,(H,19,22)(H,20,23). The van der Waals surface area contributed by atoms with Crippen molar-refractivity contribution in [3.63, 3.8) is 0 Å². The van der Waals surface area contributed by atoms with Crippen LogP contribution in [0.1, 0.15) is 12.5 Å². The molecule has 1 aliphatic heterocycles. The van der Waals surface area contributed by atoms with Crippen molar-refractivity contribution < 1.29 is 18.0 Å². The van der Waals surface area contributed by atoms with Crippen LogP contribution in [0.25, 0.3) is 0 Å². The number of carbonyl (C=O) groups is 2. The lowest BCUT2D eigenvalue weighted by molar-refractivity contribution is -0.128. The Morgan fingerprint density at radius 1 is 0.923 bits per heavy atom. The largest absolute Gasteiger partial charge is 0.324 e. The SMILES string of the molecule is Cc1ccc(N(C)S(=O)(=O)c2ccc3c(c2)NC(=O)C(C)C(=O)N3)cc1. The highest BCUT2D eigenvalue weighted by atomic mass is 32.2. The van der Waals surface area contributed by atoms with Crippen LogP contribution in [0, 0.1) is 12.8 Å². The van der Waals surface area contributed by atoms with Crippen LogP contribution < -0.4 is 14.9 Å². The lowest BCUT2D eigenvalue weighted by atomic mass is 10.1. The number of anilines is 3. The molecule has 2 amide bonds. The zero-order chi connectivity index (χ0) is 19.1. The molecule has 0 saturated carbocycles. The van der Waals surface area contributed by atoms with Gasteiger partial charge in [-0.1, -0.05) is 17.7 Å². The van der Waals surface area contributed by atoms with Gasteiger partial charge in [0, 0.05) is 7.05 Å². The average molecular weight is 373 g/mol. The maximum atomic E-state index is 12.9. The molecule has 0 saturated heterocycles. The average Bonchev–Trinajstić information content (AvgIpc) is 2.71. The maximum absolute atomic E-state index is 12.9. The molecule has 1 aliphatic rings. The zero-order valence-corrected chi connectivity index (χ0v) is 15.4. The first kappa shape index (κ1) is 17.9. The van der Waals surface area contributed by atoms with Crippen molar-refractivity contribution in [1.29, 1.82) is 0 Å². The molecule has 2 N–H and O–H groups in total. The van der Waals surface area contributed by atoms with E-state index in [1.54, 1.807) is 12.1 Å². The Morgan fingerprint density at radius 3 is 2.12 bits per heavy atom. The third-order valence-corrected chi connectivity index (χ3v) is 6.13. The van der Waals surface area contributed by atoms with E-state index in [1.165, 1.54) is 36.5 Å². The molecule has 0 aromatic heterocycles. The Morgan fingerprint density at radius 2 is 1.50 bits per heavy atom. The molecule has 1 atom stereocenters. The summed E-state index contributed by atoms with van der Waals surface area (Å²) in [7, 11) is -2.36. The molecule has 0 spiro atoms. The minimum Gasteiger partial charge on any atom is -0.324 e. The van der Waals surface area contributed by atoms with E-state index in [4.69, 9.17) is 0 Å². The van der Waals surface area contributed by atoms with Crippen LogP contribution in [0.3, 0.4) is 0 Å². The van der Waals surface area contributed by atoms with E-state index in [1.807, 2.05) is 19.1 Å². The molecule has 0 radical (unpaired) electrons. The van der Waals surface area contributed by atoms with Gasteiger partial charge in [-0.25, -0.2) is 8.42 Å². The minimum atomic E-state index is -3.83. The van der Waals surface area contributed by atoms with Gasteiger partial charge in [0.1, 0.15) is 5.92 Å². The fourth-order valence-corrected chi connectivity index (χ4v) is 3.77. The molecular formula is C18H19N3O4S. The lowest BCUT2D eigenvalue weighted by Crippen LogP contribution is -2.28. The van der Waals surface area contributed by atoms with Gasteiger partial charge in [0.2, 0.25) is 11.8 Å². The number of amides is 2. The fraction of sp³-hybridized carbons (Fsp3) is 0.222. The van der Waals surface area contributed by atoms with Gasteiger partial charge in [0.15, 0.2) is 0 Å². The smallest absolute Gasteiger partial charge is 0.264 e. The van der Waals surface area contributed by atoms with E-state index >= 15 is 0 Å². The van der Waals surface area contributed by atoms with Crippen molar-refractivity contribution in [2.24, 2.45) is 5.92 Å². The Balaban J connectivity index is 1.99. The second kappa shape index (κ2) is 6.45. The molecule has 3 rings (SSSR count). The van der Waals surface area contributed by atoms with Gasteiger partial charge < -0.3 is 10.6 Å². The van der Waals surface area contributed by atoms with Gasteiger partial charge in [0.25, 0.3) is 10.0 Å². The van der Waals surface area contributed by atoms with Gasteiger partial charge in [-0.3, -0.25) is 13.9 Å². The summed E-state index contributed by atoms with van der Waals surface area (Å²) in [6, 6.07) is 11.3. The van der Waals surface area contributed by atoms with Gasteiger partial charge in [-0.05, 0) is 44.2 Å². The number of sulfonamides is 1. The first-order valence-corrected chi connectivity index (χ1v) is 9.45. The minimum absolute atomic E-state index is 0.0171. The summed E-state index contributed by atoms with van der Waals surface area (Å²) in [6.07, 6.45) is 0. The summed E-state index contributed by atoms with van der Waals surface area (Å²) in [6.45, 7) is 3.40. The van der Waals surface area contributed by atoms with Crippen LogP contribution in [0.4, 0.5) is 17.1 Å². The van der Waals surface area contributed by atoms with E-state index in [0.717, 1.165) is 5.56 Å². The van der Waals surface area contributed by atoms with Gasteiger partial charge in [-0.2, -0.15) is 0 Å². The number of hydrogen-bond donors (Lipinski definition) is 2. The van der Waals surface area contributed by atoms with Crippen LogP contribution >= 0.6 is 0 Å². The molecule has 2 aromatic carbocycles. The second-order valence-electron chi connectivity index (χ2n) is 6.22. The predicted octanol–water partition coefficient (Wildman–Crippen LogP) is 2.35. The number of rotatable bonds is 3. The number of carbonyl (C=O) groups excluding carboxylic acids is 2. The van der Waals surface area contributed by atoms with E-state index < -0.39 is 27.8 Å². The van der Waals surface area contributed by atoms with Crippen LogP contribution in [-0.2, 0) is 19.6 Å². The fourth-order valence-electron chi connectivity index (χ4n) is 2.55. The van der Waals surface area contributed by atoms with E-state index in [9.17, 15) is 18.0 Å². The molecular weight excluding hydrogens is 354 g/mol. The highest BCUT2D eigenvalue weighted by molar-refractivity contribution is 7.92. The Kier molecular flexibility index (Phi) is 4.45. The van der Waals surface area contributed by atoms with E-state index in [2.05, 4.69) is 10.6 Å². The van der Waals surface area contributed by atoms with Gasteiger partial charge in [0.05, 0.1) is 22.0 Å². The van der Waals surface area contributed by atoms with Crippen molar-refractivity contribution in [2.75, 3.05) is 22.0 Å². The van der Waals surface area contributed by atoms with Crippen LogP contribution in [-0.4, -0.2) is 27.3 Å². The quantitative estimate of drug-likeness (QED) is 0.807. The molecule has 7 nitrogen and oxygen atoms in total. The number of nitrogens with one attached hydrogen (secondary N) is 2. The van der Waals surface area contributed by atoms with E-state index in [-0.39, 0.29) is 10.6 Å². The highest BCUT2D eigenvalue weighted by Gasteiger charge is 2.29. The molecule has 1 unspecified atom stereocenters. The lowest BCUT2D eigenvalue weighted by Gasteiger charge is -2.20. The van der Waals surface area contributed by atoms with Crippen LogP contribution in [0.2, 0.25) is 0 Å². The first-order valence-electron chi connectivity index (χ1n) is 8.01. The maximum Gasteiger partial charge on any atom is 0.264 e. The number of fused-ring (bicyclic) bond motifs is 1. The van der Waals surface area contributed by atoms with Crippen molar-refractivity contribution >= 4 is 38.9 Å². The van der Waals surface area contributed by atoms with Crippen LogP contribution in [0.15, 0.2) is 47.4 Å². The molecule has 1 heterocycles. The number of hydrogen-bond acceptors (Lipinski definition) is 4. The molecule has 136 valence electrons. The van der Waals surface area contributed by atoms with Crippen molar-refractivity contribution in [2.45, 2.75) is 18.7 Å². The predicted molar refractivity (Wildman–Crippen MR) is 99.6 cm³/mol. The summed E-state index contributed by atoms with van der Waals surface area (Å²) in [5, 5.41) is 5.21. The number of nitrogens with zero attached hydrogens (tertiary/aromatic N) is 1. The van der Waals surface area contributed by atoms with Crippen molar-refractivity contribution in [3.05, 3.63) is 48.0 Å². The van der Waals surface area contributed by atoms with Gasteiger partial charge in [-0.15, -0.1) is 0 Å². The molecule has 0 aliphatic carbocycles. The summed E-state index contributed by atoms with van der Waals surface area (Å²) in [5.41, 5.74) is 2.17. The Hall–Kier alpha value is -2.87. The molecule has 26 heavy (non-hydrogen) atoms. The normalized spacial score (nSPS) is 17.0. The number of benzene rings is 2. The highest BCUT2D eigenvalue weighted by Crippen LogP contribution is 2.31. The summed E-state index contributed by atoms with van der Waals surface area (Å²) >= 11 is 0. The number of aryl methyl sites for hydroxylation is 1. The third-order valence-electron chi connectivity index (χ3n) is 4.35. The molecule has 0 bridgehead atoms. The first-order chi connectivity index (χ1) is 12.2. The second-order valence-corrected chi connectivity index (χ2v) is 8.18. The molecule has 2 aromatic rings. The van der Waals surface area contributed by atoms with Crippen molar-refractivity contribution in [1.82, 2.24) is 0 Å². The summed E-state index contributed by atoms with van der Waals surface area (Å²) in [4.78, 5) is 23.9. The third kappa shape index (κ3) is 3.15. The Bertz CT molecular complexity index is 984. The summed E-state index contributed by atoms with van der Waals surface area (Å²) in [5.74, 6) is -1.78. The molecule has 0 fully saturated rings. The topological polar surface area (TPSA) is 95.6 Å². The summed E-state index contributed by atoms with van der Waals surface area (Å²) < 4.78 is 27.0. The molecule has 8 heteroatoms. The Labute approximate surface area is 152 Å². The van der Waals surface area contributed by atoms with E-state index in [0.29, 0.717) is 11.4 Å².